The average Bonchev–Trinajstić information content (AvgIpc) is 3.48. The number of nitrogens with one attached hydrogen (secondary N) is 1. The molecule has 3 N–H and O–H groups in total. The molecule has 1 aromatic carbocycles. The van der Waals surface area contributed by atoms with Crippen molar-refractivity contribution < 1.29 is 9.59 Å². The molecule has 0 unspecified atom stereocenters. The largest absolute Gasteiger partial charge is 0.337 e. The number of carbonyl (C=O) groups is 2. The van der Waals surface area contributed by atoms with Crippen LogP contribution in [0.4, 0.5) is 5.69 Å². The molecule has 2 fully saturated rings. The molecule has 0 atom stereocenters. The summed E-state index contributed by atoms with van der Waals surface area (Å²) in [5, 5.41) is 3.55. The Balaban J connectivity index is 1.75. The Morgan fingerprint density at radius 3 is 2.46 bits per heavy atom. The molecule has 2 saturated carbocycles. The number of halogens is 1. The van der Waals surface area contributed by atoms with Gasteiger partial charge in [0, 0.05) is 35.6 Å². The fraction of sp³-hybridized carbons (Fsp3) is 0.600. The molecule has 0 saturated heterocycles. The fourth-order valence-corrected chi connectivity index (χ4v) is 3.13. The molecule has 0 heterocycles. The smallest absolute Gasteiger partial charge is 0.227 e. The minimum Gasteiger partial charge on any atom is -0.337 e. The van der Waals surface area contributed by atoms with E-state index in [0.29, 0.717) is 24.7 Å². The zero-order valence-electron chi connectivity index (χ0n) is 15.6. The Bertz CT molecular complexity index is 696. The predicted octanol–water partition coefficient (Wildman–Crippen LogP) is 3.41. The predicted molar refractivity (Wildman–Crippen MR) is 104 cm³/mol. The van der Waals surface area contributed by atoms with Crippen molar-refractivity contribution in [2.75, 3.05) is 18.4 Å². The lowest BCUT2D eigenvalue weighted by Crippen LogP contribution is -2.42. The molecule has 2 aliphatic rings. The third kappa shape index (κ3) is 4.98. The first-order chi connectivity index (χ1) is 12.3. The lowest BCUT2D eigenvalue weighted by atomic mass is 9.92. The van der Waals surface area contributed by atoms with E-state index in [1.165, 1.54) is 0 Å². The van der Waals surface area contributed by atoms with Gasteiger partial charge >= 0.3 is 0 Å². The molecule has 6 heteroatoms. The van der Waals surface area contributed by atoms with Gasteiger partial charge in [0.2, 0.25) is 11.8 Å². The van der Waals surface area contributed by atoms with E-state index in [4.69, 9.17) is 17.3 Å². The van der Waals surface area contributed by atoms with Gasteiger partial charge < -0.3 is 16.0 Å². The molecule has 26 heavy (non-hydrogen) atoms. The van der Waals surface area contributed by atoms with Crippen LogP contribution in [0.5, 0.6) is 0 Å². The van der Waals surface area contributed by atoms with Gasteiger partial charge in [-0.25, -0.2) is 0 Å². The van der Waals surface area contributed by atoms with Gasteiger partial charge in [-0.15, -0.1) is 0 Å². The fourth-order valence-electron chi connectivity index (χ4n) is 2.95. The first-order valence-corrected chi connectivity index (χ1v) is 9.75. The number of carbonyl (C=O) groups excluding carboxylic acids is 2. The minimum atomic E-state index is -0.158. The first kappa shape index (κ1) is 19.2. The summed E-state index contributed by atoms with van der Waals surface area (Å²) >= 11 is 6.38. The standard InChI is InChI=1S/C20H28ClN3O2/c1-20(2,11-22)12-24(19(26)14-5-6-14)10-15-9-16(7-8-17(15)21)23-18(25)13-3-4-13/h7-9,13-14H,3-6,10-12,22H2,1-2H3,(H,23,25). The van der Waals surface area contributed by atoms with Crippen molar-refractivity contribution in [3.63, 3.8) is 0 Å². The quantitative estimate of drug-likeness (QED) is 0.728. The van der Waals surface area contributed by atoms with E-state index in [-0.39, 0.29) is 29.1 Å². The highest BCUT2D eigenvalue weighted by molar-refractivity contribution is 6.31. The molecule has 0 spiro atoms. The number of hydrogen-bond acceptors (Lipinski definition) is 3. The normalized spacial score (nSPS) is 17.1. The maximum Gasteiger partial charge on any atom is 0.227 e. The summed E-state index contributed by atoms with van der Waals surface area (Å²) in [5.41, 5.74) is 7.30. The second-order valence-electron chi connectivity index (χ2n) is 8.41. The van der Waals surface area contributed by atoms with E-state index in [0.717, 1.165) is 36.9 Å². The lowest BCUT2D eigenvalue weighted by molar-refractivity contribution is -0.134. The topological polar surface area (TPSA) is 75.4 Å². The van der Waals surface area contributed by atoms with E-state index in [9.17, 15) is 9.59 Å². The van der Waals surface area contributed by atoms with Crippen LogP contribution in [0, 0.1) is 17.3 Å². The number of nitrogens with two attached hydrogens (primary N) is 1. The molecular weight excluding hydrogens is 350 g/mol. The van der Waals surface area contributed by atoms with Crippen LogP contribution in [0.1, 0.15) is 45.1 Å². The zero-order chi connectivity index (χ0) is 18.9. The average molecular weight is 378 g/mol. The highest BCUT2D eigenvalue weighted by atomic mass is 35.5. The minimum absolute atomic E-state index is 0.0634. The number of benzene rings is 1. The molecule has 0 radical (unpaired) electrons. The molecule has 5 nitrogen and oxygen atoms in total. The summed E-state index contributed by atoms with van der Waals surface area (Å²) < 4.78 is 0. The third-order valence-corrected chi connectivity index (χ3v) is 5.40. The van der Waals surface area contributed by atoms with Gasteiger partial charge in [0.1, 0.15) is 0 Å². The summed E-state index contributed by atoms with van der Waals surface area (Å²) in [5.74, 6) is 0.524. The molecule has 142 valence electrons. The summed E-state index contributed by atoms with van der Waals surface area (Å²) in [6.45, 7) is 5.66. The van der Waals surface area contributed by atoms with E-state index in [1.54, 1.807) is 6.07 Å². The summed E-state index contributed by atoms with van der Waals surface area (Å²) in [6, 6.07) is 5.47. The van der Waals surface area contributed by atoms with Crippen molar-refractivity contribution in [3.05, 3.63) is 28.8 Å². The molecule has 0 bridgehead atoms. The van der Waals surface area contributed by atoms with Crippen molar-refractivity contribution in [3.8, 4) is 0 Å². The number of nitrogens with zero attached hydrogens (tertiary/aromatic N) is 1. The van der Waals surface area contributed by atoms with Gasteiger partial charge in [-0.2, -0.15) is 0 Å². The monoisotopic (exact) mass is 377 g/mol. The Morgan fingerprint density at radius 1 is 1.23 bits per heavy atom. The van der Waals surface area contributed by atoms with Crippen LogP contribution < -0.4 is 11.1 Å². The number of hydrogen-bond donors (Lipinski definition) is 2. The van der Waals surface area contributed by atoms with E-state index < -0.39 is 0 Å². The van der Waals surface area contributed by atoms with E-state index in [1.807, 2.05) is 17.0 Å². The molecule has 2 amide bonds. The Labute approximate surface area is 160 Å². The van der Waals surface area contributed by atoms with Crippen LogP contribution in [0.3, 0.4) is 0 Å². The number of amides is 2. The Hall–Kier alpha value is -1.59. The van der Waals surface area contributed by atoms with Crippen molar-refractivity contribution >= 4 is 29.1 Å². The zero-order valence-corrected chi connectivity index (χ0v) is 16.3. The van der Waals surface area contributed by atoms with Gasteiger partial charge in [-0.1, -0.05) is 25.4 Å². The maximum absolute atomic E-state index is 12.7. The van der Waals surface area contributed by atoms with Crippen LogP contribution in [0.25, 0.3) is 0 Å². The molecule has 2 aliphatic carbocycles. The summed E-state index contributed by atoms with van der Waals surface area (Å²) in [6.07, 6.45) is 3.85. The molecular formula is C20H28ClN3O2. The van der Waals surface area contributed by atoms with Crippen molar-refractivity contribution in [2.24, 2.45) is 23.0 Å². The highest BCUT2D eigenvalue weighted by Gasteiger charge is 2.35. The molecule has 1 aromatic rings. The van der Waals surface area contributed by atoms with Gasteiger partial charge in [-0.05, 0) is 61.4 Å². The molecule has 0 aromatic heterocycles. The lowest BCUT2D eigenvalue weighted by Gasteiger charge is -2.32. The second-order valence-corrected chi connectivity index (χ2v) is 8.81. The van der Waals surface area contributed by atoms with Crippen LogP contribution in [0.15, 0.2) is 18.2 Å². The van der Waals surface area contributed by atoms with E-state index in [2.05, 4.69) is 19.2 Å². The first-order valence-electron chi connectivity index (χ1n) is 9.37. The molecule has 0 aliphatic heterocycles. The van der Waals surface area contributed by atoms with E-state index >= 15 is 0 Å². The number of rotatable bonds is 8. The summed E-state index contributed by atoms with van der Waals surface area (Å²) in [4.78, 5) is 26.6. The van der Waals surface area contributed by atoms with Crippen molar-refractivity contribution in [1.29, 1.82) is 0 Å². The second kappa shape index (κ2) is 7.57. The van der Waals surface area contributed by atoms with Crippen molar-refractivity contribution in [2.45, 2.75) is 46.1 Å². The Morgan fingerprint density at radius 2 is 1.88 bits per heavy atom. The van der Waals surface area contributed by atoms with Crippen LogP contribution in [0.2, 0.25) is 5.02 Å². The van der Waals surface area contributed by atoms with Gasteiger partial charge in [0.25, 0.3) is 0 Å². The van der Waals surface area contributed by atoms with Crippen LogP contribution in [-0.2, 0) is 16.1 Å². The third-order valence-electron chi connectivity index (χ3n) is 5.03. The SMILES string of the molecule is CC(C)(CN)CN(Cc1cc(NC(=O)C2CC2)ccc1Cl)C(=O)C1CC1. The maximum atomic E-state index is 12.7. The highest BCUT2D eigenvalue weighted by Crippen LogP contribution is 2.34. The van der Waals surface area contributed by atoms with Crippen LogP contribution in [-0.4, -0.2) is 29.8 Å². The summed E-state index contributed by atoms with van der Waals surface area (Å²) in [7, 11) is 0. The van der Waals surface area contributed by atoms with Crippen molar-refractivity contribution in [1.82, 2.24) is 4.90 Å². The number of anilines is 1. The molecule has 3 rings (SSSR count). The van der Waals surface area contributed by atoms with Gasteiger partial charge in [0.05, 0.1) is 0 Å². The van der Waals surface area contributed by atoms with Gasteiger partial charge in [0.15, 0.2) is 0 Å². The van der Waals surface area contributed by atoms with Crippen LogP contribution >= 0.6 is 11.6 Å². The van der Waals surface area contributed by atoms with Gasteiger partial charge in [-0.3, -0.25) is 9.59 Å². The Kier molecular flexibility index (Phi) is 5.58.